The van der Waals surface area contributed by atoms with Crippen molar-refractivity contribution in [3.05, 3.63) is 64.3 Å². The minimum Gasteiger partial charge on any atom is -0.497 e. The van der Waals surface area contributed by atoms with Crippen molar-refractivity contribution >= 4 is 28.4 Å². The smallest absolute Gasteiger partial charge is 0.262 e. The number of nitrogens with zero attached hydrogens (tertiary/aromatic N) is 1. The molecule has 0 fully saturated rings. The molecular formula is C21H22ClNO4. The van der Waals surface area contributed by atoms with Crippen molar-refractivity contribution in [3.8, 4) is 5.75 Å². The number of ether oxygens (including phenoxy) is 3. The number of hydrogen-bond donors (Lipinski definition) is 0. The van der Waals surface area contributed by atoms with Crippen LogP contribution in [0.25, 0.3) is 10.9 Å². The zero-order chi connectivity index (χ0) is 19.6. The highest BCUT2D eigenvalue weighted by atomic mass is 35.5. The van der Waals surface area contributed by atoms with Crippen LogP contribution < -0.4 is 4.74 Å². The molecule has 1 aromatic heterocycles. The molecule has 5 nitrogen and oxygen atoms in total. The van der Waals surface area contributed by atoms with E-state index in [1.165, 1.54) is 0 Å². The van der Waals surface area contributed by atoms with Crippen molar-refractivity contribution < 1.29 is 19.0 Å². The molecule has 0 aliphatic heterocycles. The summed E-state index contributed by atoms with van der Waals surface area (Å²) in [5.74, 6) is 0.614. The third-order valence-corrected chi connectivity index (χ3v) is 4.98. The average molecular weight is 388 g/mol. The van der Waals surface area contributed by atoms with E-state index >= 15 is 0 Å². The second-order valence-electron chi connectivity index (χ2n) is 6.20. The Kier molecular flexibility index (Phi) is 5.85. The summed E-state index contributed by atoms with van der Waals surface area (Å²) in [4.78, 5) is 13.2. The van der Waals surface area contributed by atoms with Crippen molar-refractivity contribution in [1.29, 1.82) is 0 Å². The maximum absolute atomic E-state index is 13.2. The second kappa shape index (κ2) is 8.13. The Labute approximate surface area is 163 Å². The molecule has 0 radical (unpaired) electrons. The first-order chi connectivity index (χ1) is 13.0. The van der Waals surface area contributed by atoms with E-state index in [0.717, 1.165) is 27.9 Å². The molecule has 1 heterocycles. The van der Waals surface area contributed by atoms with Crippen LogP contribution >= 0.6 is 11.6 Å². The number of carbonyl (C=O) groups excluding carboxylic acids is 1. The van der Waals surface area contributed by atoms with Crippen LogP contribution in [0.5, 0.6) is 5.75 Å². The molecule has 3 rings (SSSR count). The Hall–Kier alpha value is -2.34. The lowest BCUT2D eigenvalue weighted by atomic mass is 10.1. The average Bonchev–Trinajstić information content (AvgIpc) is 2.96. The van der Waals surface area contributed by atoms with Gasteiger partial charge in [-0.1, -0.05) is 11.6 Å². The van der Waals surface area contributed by atoms with Crippen LogP contribution in [0.4, 0.5) is 0 Å². The summed E-state index contributed by atoms with van der Waals surface area (Å²) in [5.41, 5.74) is 3.21. The normalized spacial score (nSPS) is 11.3. The molecule has 0 aliphatic rings. The Balaban J connectivity index is 2.18. The summed E-state index contributed by atoms with van der Waals surface area (Å²) in [6.07, 6.45) is 0.114. The van der Waals surface area contributed by atoms with Crippen LogP contribution in [0.1, 0.15) is 21.6 Å². The molecule has 6 heteroatoms. The molecule has 0 unspecified atom stereocenters. The number of benzene rings is 2. The summed E-state index contributed by atoms with van der Waals surface area (Å²) >= 11 is 5.96. The van der Waals surface area contributed by atoms with Crippen molar-refractivity contribution in [2.75, 3.05) is 21.3 Å². The molecule has 0 N–H and O–H groups in total. The molecule has 0 saturated heterocycles. The monoisotopic (exact) mass is 387 g/mol. The largest absolute Gasteiger partial charge is 0.497 e. The van der Waals surface area contributed by atoms with Gasteiger partial charge in [-0.05, 0) is 55.0 Å². The summed E-state index contributed by atoms with van der Waals surface area (Å²) < 4.78 is 17.8. The molecule has 3 aromatic rings. The van der Waals surface area contributed by atoms with Crippen molar-refractivity contribution in [3.63, 3.8) is 0 Å². The van der Waals surface area contributed by atoms with Gasteiger partial charge in [0.05, 0.1) is 12.6 Å². The lowest BCUT2D eigenvalue weighted by Crippen LogP contribution is -2.18. The highest BCUT2D eigenvalue weighted by molar-refractivity contribution is 6.30. The minimum absolute atomic E-state index is 0.114. The predicted octanol–water partition coefficient (Wildman–Crippen LogP) is 4.46. The van der Waals surface area contributed by atoms with Gasteiger partial charge in [0.1, 0.15) is 5.75 Å². The highest BCUT2D eigenvalue weighted by Crippen LogP contribution is 2.31. The van der Waals surface area contributed by atoms with Gasteiger partial charge in [-0.15, -0.1) is 0 Å². The number of halogens is 1. The standard InChI is InChI=1S/C21H22ClNO4/c1-13-17(12-20(26-3)27-4)18-11-16(25-2)9-10-19(18)23(13)21(24)14-5-7-15(22)8-6-14/h5-11,20H,12H2,1-4H3. The lowest BCUT2D eigenvalue weighted by molar-refractivity contribution is -0.100. The highest BCUT2D eigenvalue weighted by Gasteiger charge is 2.22. The van der Waals surface area contributed by atoms with Gasteiger partial charge in [0.25, 0.3) is 5.91 Å². The van der Waals surface area contributed by atoms with Gasteiger partial charge < -0.3 is 14.2 Å². The van der Waals surface area contributed by atoms with Crippen molar-refractivity contribution in [2.45, 2.75) is 19.6 Å². The molecule has 0 aliphatic carbocycles. The molecule has 0 spiro atoms. The number of methoxy groups -OCH3 is 3. The predicted molar refractivity (Wildman–Crippen MR) is 106 cm³/mol. The third kappa shape index (κ3) is 3.72. The molecule has 142 valence electrons. The summed E-state index contributed by atoms with van der Waals surface area (Å²) in [7, 11) is 4.82. The number of aromatic nitrogens is 1. The topological polar surface area (TPSA) is 49.7 Å². The first-order valence-corrected chi connectivity index (χ1v) is 8.91. The van der Waals surface area contributed by atoms with Gasteiger partial charge in [-0.3, -0.25) is 9.36 Å². The molecule has 0 amide bonds. The fourth-order valence-electron chi connectivity index (χ4n) is 3.26. The van der Waals surface area contributed by atoms with Crippen LogP contribution in [0.3, 0.4) is 0 Å². The van der Waals surface area contributed by atoms with Crippen molar-refractivity contribution in [1.82, 2.24) is 4.57 Å². The van der Waals surface area contributed by atoms with Crippen LogP contribution in [-0.4, -0.2) is 38.1 Å². The number of hydrogen-bond acceptors (Lipinski definition) is 4. The Morgan fingerprint density at radius 3 is 2.33 bits per heavy atom. The molecule has 0 atom stereocenters. The SMILES string of the molecule is COc1ccc2c(c1)c(CC(OC)OC)c(C)n2C(=O)c1ccc(Cl)cc1. The molecule has 27 heavy (non-hydrogen) atoms. The van der Waals surface area contributed by atoms with Crippen LogP contribution in [-0.2, 0) is 15.9 Å². The number of fused-ring (bicyclic) bond motifs is 1. The van der Waals surface area contributed by atoms with Gasteiger partial charge in [-0.2, -0.15) is 0 Å². The lowest BCUT2D eigenvalue weighted by Gasteiger charge is -2.14. The summed E-state index contributed by atoms with van der Waals surface area (Å²) in [6.45, 7) is 1.93. The Bertz CT molecular complexity index is 958. The van der Waals surface area contributed by atoms with E-state index in [9.17, 15) is 4.79 Å². The fourth-order valence-corrected chi connectivity index (χ4v) is 3.39. The zero-order valence-corrected chi connectivity index (χ0v) is 16.5. The fraction of sp³-hybridized carbons (Fsp3) is 0.286. The van der Waals surface area contributed by atoms with Crippen LogP contribution in [0.2, 0.25) is 5.02 Å². The van der Waals surface area contributed by atoms with Gasteiger partial charge in [-0.25, -0.2) is 0 Å². The third-order valence-electron chi connectivity index (χ3n) is 4.73. The van der Waals surface area contributed by atoms with E-state index in [2.05, 4.69) is 0 Å². The number of rotatable bonds is 6. The van der Waals surface area contributed by atoms with E-state index in [-0.39, 0.29) is 5.91 Å². The Morgan fingerprint density at radius 1 is 1.07 bits per heavy atom. The maximum atomic E-state index is 13.2. The summed E-state index contributed by atoms with van der Waals surface area (Å²) in [5, 5.41) is 1.53. The van der Waals surface area contributed by atoms with Crippen LogP contribution in [0, 0.1) is 6.92 Å². The van der Waals surface area contributed by atoms with Gasteiger partial charge >= 0.3 is 0 Å². The van der Waals surface area contributed by atoms with E-state index in [1.807, 2.05) is 25.1 Å². The minimum atomic E-state index is -0.403. The van der Waals surface area contributed by atoms with Crippen molar-refractivity contribution in [2.24, 2.45) is 0 Å². The summed E-state index contributed by atoms with van der Waals surface area (Å²) in [6, 6.07) is 12.6. The zero-order valence-electron chi connectivity index (χ0n) is 15.8. The van der Waals surface area contributed by atoms with E-state index in [4.69, 9.17) is 25.8 Å². The van der Waals surface area contributed by atoms with E-state index in [1.54, 1.807) is 50.2 Å². The van der Waals surface area contributed by atoms with E-state index in [0.29, 0.717) is 17.0 Å². The molecule has 2 aromatic carbocycles. The first-order valence-electron chi connectivity index (χ1n) is 8.54. The quantitative estimate of drug-likeness (QED) is 0.586. The van der Waals surface area contributed by atoms with Gasteiger partial charge in [0.2, 0.25) is 0 Å². The maximum Gasteiger partial charge on any atom is 0.262 e. The first kappa shape index (κ1) is 19.4. The second-order valence-corrected chi connectivity index (χ2v) is 6.64. The molecule has 0 bridgehead atoms. The Morgan fingerprint density at radius 2 is 1.74 bits per heavy atom. The van der Waals surface area contributed by atoms with Crippen LogP contribution in [0.15, 0.2) is 42.5 Å². The van der Waals surface area contributed by atoms with Gasteiger partial charge in [0, 0.05) is 42.3 Å². The van der Waals surface area contributed by atoms with E-state index < -0.39 is 6.29 Å². The van der Waals surface area contributed by atoms with Gasteiger partial charge in [0.15, 0.2) is 6.29 Å². The number of carbonyl (C=O) groups is 1. The molecular weight excluding hydrogens is 366 g/mol. The molecule has 0 saturated carbocycles.